The lowest BCUT2D eigenvalue weighted by molar-refractivity contribution is -0.523. The molecule has 0 bridgehead atoms. The molecule has 0 radical (unpaired) electrons. The molecule has 6 heteroatoms. The monoisotopic (exact) mass is 365 g/mol. The number of benzene rings is 1. The summed E-state index contributed by atoms with van der Waals surface area (Å²) in [5.74, 6) is 0. The first-order valence-corrected chi connectivity index (χ1v) is 9.56. The molecular weight excluding hydrogens is 338 g/mol. The van der Waals surface area contributed by atoms with E-state index < -0.39 is 0 Å². The number of hydrogen-bond donors (Lipinski definition) is 0. The molecule has 1 aliphatic rings. The molecule has 1 heterocycles. The number of hydrogen-bond acceptors (Lipinski definition) is 4. The molecule has 0 unspecified atom stereocenters. The minimum absolute atomic E-state index is 0.230. The van der Waals surface area contributed by atoms with Gasteiger partial charge in [-0.05, 0) is 44.5 Å². The molecule has 1 aromatic carbocycles. The van der Waals surface area contributed by atoms with E-state index in [1.807, 2.05) is 43.3 Å². The number of thioether (sulfide) groups is 1. The van der Waals surface area contributed by atoms with Crippen LogP contribution in [-0.4, -0.2) is 51.7 Å². The van der Waals surface area contributed by atoms with Crippen molar-refractivity contribution in [2.75, 3.05) is 25.5 Å². The van der Waals surface area contributed by atoms with Gasteiger partial charge in [0.05, 0.1) is 0 Å². The quantitative estimate of drug-likeness (QED) is 0.251. The average Bonchev–Trinajstić information content (AvgIpc) is 2.74. The Bertz CT molecular complexity index is 611. The third-order valence-corrected chi connectivity index (χ3v) is 5.81. The second-order valence-corrected chi connectivity index (χ2v) is 9.16. The van der Waals surface area contributed by atoms with Crippen molar-refractivity contribution in [2.24, 2.45) is 0 Å². The second kappa shape index (κ2) is 7.74. The summed E-state index contributed by atoms with van der Waals surface area (Å²) in [4.78, 5) is 4.13. The topological polar surface area (TPSA) is 32.5 Å². The summed E-state index contributed by atoms with van der Waals surface area (Å²) in [6.07, 6.45) is 3.54. The fourth-order valence-corrected chi connectivity index (χ4v) is 4.80. The number of nitrogens with zero attached hydrogens (tertiary/aromatic N) is 3. The van der Waals surface area contributed by atoms with Crippen LogP contribution in [0.4, 0.5) is 5.69 Å². The number of rotatable bonds is 6. The lowest BCUT2D eigenvalue weighted by Crippen LogP contribution is -2.48. The largest absolute Gasteiger partial charge is 0.622 e. The molecule has 0 amide bonds. The lowest BCUT2D eigenvalue weighted by Gasteiger charge is -2.29. The van der Waals surface area contributed by atoms with Crippen molar-refractivity contribution in [3.05, 3.63) is 35.0 Å². The predicted molar refractivity (Wildman–Crippen MR) is 109 cm³/mol. The molecule has 2 rings (SSSR count). The lowest BCUT2D eigenvalue weighted by atomic mass is 10.1. The van der Waals surface area contributed by atoms with E-state index in [1.165, 1.54) is 0 Å². The summed E-state index contributed by atoms with van der Waals surface area (Å²) in [6.45, 7) is 7.17. The molecule has 0 saturated carbocycles. The van der Waals surface area contributed by atoms with E-state index in [-0.39, 0.29) is 10.9 Å². The van der Waals surface area contributed by atoms with Gasteiger partial charge in [-0.25, -0.2) is 0 Å². The molecule has 24 heavy (non-hydrogen) atoms. The first-order valence-electron chi connectivity index (χ1n) is 8.33. The number of thiocarbonyl (C=S) groups is 1. The molecule has 0 aromatic heterocycles. The number of hydroxylamine groups is 1. The highest BCUT2D eigenvalue weighted by Crippen LogP contribution is 2.41. The van der Waals surface area contributed by atoms with E-state index in [4.69, 9.17) is 12.2 Å². The maximum Gasteiger partial charge on any atom is 0.254 e. The Morgan fingerprint density at radius 3 is 2.50 bits per heavy atom. The van der Waals surface area contributed by atoms with Crippen molar-refractivity contribution >= 4 is 40.2 Å². The zero-order valence-electron chi connectivity index (χ0n) is 15.2. The van der Waals surface area contributed by atoms with Gasteiger partial charge < -0.3 is 10.1 Å². The van der Waals surface area contributed by atoms with Crippen LogP contribution >= 0.6 is 24.0 Å². The van der Waals surface area contributed by atoms with Crippen molar-refractivity contribution in [1.82, 2.24) is 4.90 Å². The van der Waals surface area contributed by atoms with Gasteiger partial charge in [0.25, 0.3) is 6.17 Å². The molecule has 1 aromatic rings. The molecule has 0 N–H and O–H groups in total. The normalized spacial score (nSPS) is 20.5. The summed E-state index contributed by atoms with van der Waals surface area (Å²) in [5.41, 5.74) is 2.02. The van der Waals surface area contributed by atoms with Gasteiger partial charge >= 0.3 is 0 Å². The van der Waals surface area contributed by atoms with Crippen LogP contribution in [0.2, 0.25) is 0 Å². The van der Waals surface area contributed by atoms with Crippen LogP contribution in [0, 0.1) is 5.21 Å². The number of anilines is 1. The SMILES string of the molecule is CCCCN1C(=S)SC(C)(C)[C@H]1/[N+]([O-])=C/c1ccc(N(C)C)cc1. The molecule has 1 atom stereocenters. The maximum absolute atomic E-state index is 12.9. The highest BCUT2D eigenvalue weighted by molar-refractivity contribution is 8.24. The standard InChI is InChI=1S/C18H27N3OS2/c1-6-7-12-20-16(18(2,3)24-17(20)23)21(22)13-14-8-10-15(11-9-14)19(4)5/h8-11,13,16H,6-7,12H2,1-5H3/b21-13-/t16-/m1/s1. The Labute approximate surface area is 155 Å². The molecular formula is C18H27N3OS2. The van der Waals surface area contributed by atoms with Crippen LogP contribution in [-0.2, 0) is 0 Å². The molecule has 1 aliphatic heterocycles. The van der Waals surface area contributed by atoms with Gasteiger partial charge in [0.2, 0.25) is 0 Å². The van der Waals surface area contributed by atoms with E-state index in [0.29, 0.717) is 0 Å². The molecule has 132 valence electrons. The molecule has 1 saturated heterocycles. The third kappa shape index (κ3) is 4.22. The van der Waals surface area contributed by atoms with Crippen molar-refractivity contribution in [3.63, 3.8) is 0 Å². The van der Waals surface area contributed by atoms with E-state index >= 15 is 0 Å². The van der Waals surface area contributed by atoms with Crippen LogP contribution < -0.4 is 4.90 Å². The summed E-state index contributed by atoms with van der Waals surface area (Å²) in [5, 5.41) is 12.9. The molecule has 1 fully saturated rings. The first-order chi connectivity index (χ1) is 11.3. The third-order valence-electron chi connectivity index (χ3n) is 4.18. The Balaban J connectivity index is 2.26. The van der Waals surface area contributed by atoms with Gasteiger partial charge in [0, 0.05) is 31.9 Å². The Kier molecular flexibility index (Phi) is 6.15. The Morgan fingerprint density at radius 2 is 1.96 bits per heavy atom. The second-order valence-electron chi connectivity index (χ2n) is 6.87. The highest BCUT2D eigenvalue weighted by atomic mass is 32.2. The molecule has 0 aliphatic carbocycles. The minimum atomic E-state index is -0.268. The van der Waals surface area contributed by atoms with Crippen LogP contribution in [0.25, 0.3) is 0 Å². The van der Waals surface area contributed by atoms with Crippen LogP contribution in [0.1, 0.15) is 39.2 Å². The van der Waals surface area contributed by atoms with E-state index in [2.05, 4.69) is 25.7 Å². The maximum atomic E-state index is 12.9. The van der Waals surface area contributed by atoms with Crippen LogP contribution in [0.3, 0.4) is 0 Å². The zero-order chi connectivity index (χ0) is 17.9. The van der Waals surface area contributed by atoms with Gasteiger partial charge in [-0.2, -0.15) is 4.74 Å². The predicted octanol–water partition coefficient (Wildman–Crippen LogP) is 3.92. The summed E-state index contributed by atoms with van der Waals surface area (Å²) in [6, 6.07) is 8.00. The molecule has 4 nitrogen and oxygen atoms in total. The first kappa shape index (κ1) is 19.1. The van der Waals surface area contributed by atoms with Crippen LogP contribution in [0.5, 0.6) is 0 Å². The van der Waals surface area contributed by atoms with Gasteiger partial charge in [0.1, 0.15) is 9.07 Å². The minimum Gasteiger partial charge on any atom is -0.622 e. The van der Waals surface area contributed by atoms with Gasteiger partial charge in [-0.1, -0.05) is 37.3 Å². The van der Waals surface area contributed by atoms with E-state index in [1.54, 1.807) is 18.0 Å². The number of unbranched alkanes of at least 4 members (excludes halogenated alkanes) is 1. The van der Waals surface area contributed by atoms with E-state index in [0.717, 1.165) is 39.7 Å². The van der Waals surface area contributed by atoms with E-state index in [9.17, 15) is 5.21 Å². The van der Waals surface area contributed by atoms with Crippen molar-refractivity contribution < 1.29 is 4.74 Å². The fraction of sp³-hybridized carbons (Fsp3) is 0.556. The smallest absolute Gasteiger partial charge is 0.254 e. The Hall–Kier alpha value is -1.27. The molecule has 0 spiro atoms. The van der Waals surface area contributed by atoms with Gasteiger partial charge in [0.15, 0.2) is 6.21 Å². The van der Waals surface area contributed by atoms with Crippen molar-refractivity contribution in [3.8, 4) is 0 Å². The average molecular weight is 366 g/mol. The van der Waals surface area contributed by atoms with Gasteiger partial charge in [-0.15, -0.1) is 0 Å². The Morgan fingerprint density at radius 1 is 1.33 bits per heavy atom. The van der Waals surface area contributed by atoms with Crippen molar-refractivity contribution in [2.45, 2.75) is 44.5 Å². The van der Waals surface area contributed by atoms with Crippen molar-refractivity contribution in [1.29, 1.82) is 0 Å². The summed E-state index contributed by atoms with van der Waals surface area (Å²) in [7, 11) is 4.01. The highest BCUT2D eigenvalue weighted by Gasteiger charge is 2.50. The summed E-state index contributed by atoms with van der Waals surface area (Å²) < 4.78 is 1.68. The van der Waals surface area contributed by atoms with Crippen LogP contribution in [0.15, 0.2) is 24.3 Å². The fourth-order valence-electron chi connectivity index (χ4n) is 2.87. The van der Waals surface area contributed by atoms with Gasteiger partial charge in [-0.3, -0.25) is 4.90 Å². The zero-order valence-corrected chi connectivity index (χ0v) is 16.8. The summed E-state index contributed by atoms with van der Waals surface area (Å²) >= 11 is 7.14.